The van der Waals surface area contributed by atoms with Crippen molar-refractivity contribution in [2.45, 2.75) is 152 Å². The van der Waals surface area contributed by atoms with E-state index in [1.165, 1.54) is 0 Å². The first-order valence-corrected chi connectivity index (χ1v) is 38.4. The number of ether oxygens (including phenoxy) is 14. The Morgan fingerprint density at radius 1 is 0.263 bits per heavy atom. The molecule has 18 heteroatoms. The lowest BCUT2D eigenvalue weighted by molar-refractivity contribution is -0.400. The standard InChI is InChI=1S/C81H85O16.Al.HI/c82-70-74(90-52-64-40-22-7-23-41-64)71(87-49-61-34-16-4-17-35-61)68(56-85-47-59-30-12-2-13-31-59)94-80(70)97-78-76(92-54-66-44-26-9-27-45-66)73(89-51-63-38-20-6-21-39-63)69(57-86-48-60-32-14-3-15-33-60)95-81(78)96-77-75(91-53-65-42-24-8-25-43-65)72(88-50-62-36-18-5-19-37-62)67(93-79(77)83)55-84-46-58-28-10-1-11-29-58;;/h1-45,67-82H,46-57H2;;1H/q-1;+2;/p-1/t67?,68?,69?,70?,71-,72-,73-,74+,75-,76-,77?,78?,79+,80-,81-;;/m0../s1. The Balaban J connectivity index is 0.966. The molecule has 3 fully saturated rings. The van der Waals surface area contributed by atoms with Gasteiger partial charge in [0.15, 0.2) is 18.9 Å². The molecule has 0 spiro atoms. The fraction of sp³-hybridized carbons (Fsp3) is 0.333. The van der Waals surface area contributed by atoms with Crippen LogP contribution < -0.4 is 0 Å². The maximum atomic E-state index is 13.4. The Kier molecular flexibility index (Phi) is 28.6. The molecule has 1 N–H and O–H groups in total. The summed E-state index contributed by atoms with van der Waals surface area (Å²) in [7, 11) is 0. The largest absolute Gasteiger partial charge is 0.526 e. The third-order valence-corrected chi connectivity index (χ3v) is 18.7. The summed E-state index contributed by atoms with van der Waals surface area (Å²) in [4.78, 5) is 0. The van der Waals surface area contributed by atoms with Crippen molar-refractivity contribution in [1.29, 1.82) is 0 Å². The molecule has 1 radical (unpaired) electrons. The van der Waals surface area contributed by atoms with E-state index < -0.39 is 104 Å². The van der Waals surface area contributed by atoms with E-state index in [0.29, 0.717) is 6.61 Å². The zero-order chi connectivity index (χ0) is 67.5. The predicted octanol–water partition coefficient (Wildman–Crippen LogP) is 13.4. The van der Waals surface area contributed by atoms with E-state index in [9.17, 15) is 5.11 Å². The lowest BCUT2D eigenvalue weighted by Gasteiger charge is -2.51. The minimum atomic E-state index is -1.52. The Morgan fingerprint density at radius 3 is 0.778 bits per heavy atom. The molecule has 12 rings (SSSR count). The molecule has 3 aliphatic heterocycles. The summed E-state index contributed by atoms with van der Waals surface area (Å²) in [6.07, 6.45) is -16.2. The maximum Gasteiger partial charge on any atom is 0.526 e. The molecule has 16 nitrogen and oxygen atoms in total. The first-order chi connectivity index (χ1) is 49.0. The van der Waals surface area contributed by atoms with Gasteiger partial charge in [-0.2, -0.15) is 20.3 Å². The summed E-state index contributed by atoms with van der Waals surface area (Å²) >= 11 is 1.55. The molecule has 0 amide bonds. The van der Waals surface area contributed by atoms with Crippen LogP contribution in [0.3, 0.4) is 0 Å². The smallest absolute Gasteiger partial charge is 0.474 e. The highest BCUT2D eigenvalue weighted by atomic mass is 127. The second kappa shape index (κ2) is 39.1. The highest BCUT2D eigenvalue weighted by Crippen LogP contribution is 2.39. The molecule has 9 aromatic carbocycles. The van der Waals surface area contributed by atoms with Gasteiger partial charge in [0.05, 0.1) is 79.3 Å². The quantitative estimate of drug-likeness (QED) is 0.0292. The molecule has 0 aliphatic carbocycles. The van der Waals surface area contributed by atoms with Gasteiger partial charge in [0.25, 0.3) is 0 Å². The molecule has 15 atom stereocenters. The van der Waals surface area contributed by atoms with Gasteiger partial charge < -0.3 is 75.2 Å². The zero-order valence-electron chi connectivity index (χ0n) is 55.2. The van der Waals surface area contributed by atoms with Crippen molar-refractivity contribution in [1.82, 2.24) is 0 Å². The lowest BCUT2D eigenvalue weighted by atomic mass is 9.95. The first kappa shape index (κ1) is 72.4. The minimum absolute atomic E-state index is 0.0158. The average Bonchev–Trinajstić information content (AvgIpc) is 0.772. The molecule has 9 aromatic rings. The summed E-state index contributed by atoms with van der Waals surface area (Å²) < 4.78 is 107. The summed E-state index contributed by atoms with van der Waals surface area (Å²) in [6.45, 7) is 1.90. The average molecular weight is 1470 g/mol. The monoisotopic (exact) mass is 1470 g/mol. The number of halogens is 1. The second-order valence-electron chi connectivity index (χ2n) is 24.6. The van der Waals surface area contributed by atoms with Crippen LogP contribution in [0.15, 0.2) is 273 Å². The third kappa shape index (κ3) is 21.6. The van der Waals surface area contributed by atoms with Crippen LogP contribution in [0.1, 0.15) is 50.1 Å². The van der Waals surface area contributed by atoms with Crippen molar-refractivity contribution in [3.05, 3.63) is 323 Å². The predicted molar refractivity (Wildman–Crippen MR) is 381 cm³/mol. The molecule has 0 aromatic heterocycles. The van der Waals surface area contributed by atoms with E-state index in [1.807, 2.05) is 273 Å². The van der Waals surface area contributed by atoms with E-state index in [4.69, 9.17) is 70.1 Å². The van der Waals surface area contributed by atoms with Gasteiger partial charge in [-0.3, -0.25) is 0 Å². The van der Waals surface area contributed by atoms with Crippen LogP contribution in [0.5, 0.6) is 0 Å². The Hall–Kier alpha value is -6.40. The van der Waals surface area contributed by atoms with E-state index in [0.717, 1.165) is 50.1 Å². The van der Waals surface area contributed by atoms with Crippen LogP contribution >= 0.6 is 20.3 Å². The molecular formula is C81H85AlIO16. The van der Waals surface area contributed by atoms with Gasteiger partial charge in [-0.25, -0.2) is 0 Å². The van der Waals surface area contributed by atoms with E-state index in [1.54, 1.807) is 0 Å². The van der Waals surface area contributed by atoms with Crippen molar-refractivity contribution < 1.29 is 75.2 Å². The number of benzene rings is 9. The van der Waals surface area contributed by atoms with E-state index in [2.05, 4.69) is 20.3 Å². The van der Waals surface area contributed by atoms with Crippen LogP contribution in [-0.2, 0) is 130 Å². The number of hydrogen-bond acceptors (Lipinski definition) is 16. The Labute approximate surface area is 598 Å². The fourth-order valence-electron chi connectivity index (χ4n) is 12.4. The summed E-state index contributed by atoms with van der Waals surface area (Å²) in [5.41, 5.74) is 8.36. The van der Waals surface area contributed by atoms with Crippen LogP contribution in [0, 0.1) is 0 Å². The van der Waals surface area contributed by atoms with Gasteiger partial charge in [0.2, 0.25) is 0 Å². The molecule has 6 unspecified atom stereocenters. The number of aliphatic hydroxyl groups excluding tert-OH is 1. The molecular weight excluding hydrogens is 1380 g/mol. The van der Waals surface area contributed by atoms with Crippen molar-refractivity contribution in [3.8, 4) is 0 Å². The SMILES string of the molecule is OC1[C@H](OC2[C@H](OC3[C@H]([O][Al][I])OC(COCc4ccccc4)[C@H](OCc4ccccc4)[C@@H]3OCc3ccccc3)OC(COCc3ccccc3)[C@H](OCc3ccccc3)[C@@H]2OCc2ccccc2)OC(COCc2ccccc2)[C@H](OCc2ccccc2)[C@@H]1OCc1ccccc1. The summed E-state index contributed by atoms with van der Waals surface area (Å²) in [6, 6.07) is 89.3. The topological polar surface area (TPSA) is 159 Å². The molecule has 3 aliphatic rings. The van der Waals surface area contributed by atoms with Crippen molar-refractivity contribution in [3.63, 3.8) is 0 Å². The molecule has 3 heterocycles. The highest BCUT2D eigenvalue weighted by Gasteiger charge is 2.57. The molecule has 515 valence electrons. The van der Waals surface area contributed by atoms with Crippen LogP contribution in [0.25, 0.3) is 0 Å². The summed E-state index contributed by atoms with van der Waals surface area (Å²) in [5, 5.41) is 13.4. The Morgan fingerprint density at radius 2 is 0.485 bits per heavy atom. The normalized spacial score (nSPS) is 25.4. The van der Waals surface area contributed by atoms with Gasteiger partial charge in [0.1, 0.15) is 73.2 Å². The molecule has 99 heavy (non-hydrogen) atoms. The molecule has 3 saturated heterocycles. The van der Waals surface area contributed by atoms with Crippen LogP contribution in [0.4, 0.5) is 0 Å². The number of rotatable bonds is 36. The van der Waals surface area contributed by atoms with Gasteiger partial charge in [-0.05, 0) is 50.1 Å². The Bertz CT molecular complexity index is 3650. The first-order valence-electron chi connectivity index (χ1n) is 33.8. The molecule has 0 saturated carbocycles. The maximum absolute atomic E-state index is 13.4. The van der Waals surface area contributed by atoms with Crippen LogP contribution in [0.2, 0.25) is 0 Å². The van der Waals surface area contributed by atoms with Gasteiger partial charge >= 0.3 is 12.3 Å². The van der Waals surface area contributed by atoms with Gasteiger partial charge in [0, 0.05) is 0 Å². The second-order valence-corrected chi connectivity index (χ2v) is 26.6. The van der Waals surface area contributed by atoms with Gasteiger partial charge in [-0.15, -0.1) is 0 Å². The minimum Gasteiger partial charge on any atom is -0.474 e. The third-order valence-electron chi connectivity index (χ3n) is 17.5. The van der Waals surface area contributed by atoms with Crippen LogP contribution in [-0.4, -0.2) is 129 Å². The number of hydrogen-bond donors (Lipinski definition) is 1. The van der Waals surface area contributed by atoms with E-state index >= 15 is 0 Å². The van der Waals surface area contributed by atoms with Crippen molar-refractivity contribution in [2.24, 2.45) is 0 Å². The zero-order valence-corrected chi connectivity index (χ0v) is 58.5. The lowest BCUT2D eigenvalue weighted by Crippen LogP contribution is -2.68. The van der Waals surface area contributed by atoms with E-state index in [-0.39, 0.29) is 72.7 Å². The fourth-order valence-corrected chi connectivity index (χ4v) is 13.6. The molecule has 0 bridgehead atoms. The van der Waals surface area contributed by atoms with Crippen molar-refractivity contribution in [2.75, 3.05) is 19.8 Å². The van der Waals surface area contributed by atoms with Crippen molar-refractivity contribution >= 4 is 32.5 Å². The van der Waals surface area contributed by atoms with Gasteiger partial charge in [-0.1, -0.05) is 273 Å². The number of aliphatic hydroxyl groups is 1. The highest BCUT2D eigenvalue weighted by molar-refractivity contribution is 14.1. The summed E-state index contributed by atoms with van der Waals surface area (Å²) in [5.74, 6) is 0.